The number of carbonyl (C=O) groups is 1. The maximum Gasteiger partial charge on any atom is 0.253 e. The highest BCUT2D eigenvalue weighted by molar-refractivity contribution is 5.94. The Bertz CT molecular complexity index is 631. The molecule has 2 saturated heterocycles. The van der Waals surface area contributed by atoms with Crippen LogP contribution < -0.4 is 0 Å². The molecule has 2 heterocycles. The fraction of sp³-hybridized carbons (Fsp3) is 0.682. The van der Waals surface area contributed by atoms with Gasteiger partial charge in [0.2, 0.25) is 0 Å². The maximum atomic E-state index is 13.2. The Morgan fingerprint density at radius 2 is 1.86 bits per heavy atom. The van der Waals surface area contributed by atoms with Gasteiger partial charge in [0.25, 0.3) is 5.91 Å². The van der Waals surface area contributed by atoms with Gasteiger partial charge in [-0.25, -0.2) is 0 Å². The first-order chi connectivity index (χ1) is 14.0. The summed E-state index contributed by atoms with van der Waals surface area (Å²) in [7, 11) is 0. The average molecular weight is 406 g/mol. The van der Waals surface area contributed by atoms with Gasteiger partial charge in [-0.2, -0.15) is 0 Å². The molecular formula is C22H35N3O4. The summed E-state index contributed by atoms with van der Waals surface area (Å²) in [5, 5.41) is 9.70. The summed E-state index contributed by atoms with van der Waals surface area (Å²) in [5.74, 6) is 0.0505. The standard InChI is InChI=1S/C22H35N3O4/c1-18-3-5-20(6-4-18)22(27)25(8-7-23-9-12-28-13-10-23)17-21-16-24(11-14-29-21)15-19(2)26/h3-6,19,21,26H,7-17H2,1-2H3/t19-,21-/m0/s1. The first-order valence-electron chi connectivity index (χ1n) is 10.7. The van der Waals surface area contributed by atoms with Crippen molar-refractivity contribution in [1.29, 1.82) is 0 Å². The molecule has 7 heteroatoms. The van der Waals surface area contributed by atoms with E-state index in [1.54, 1.807) is 6.92 Å². The minimum absolute atomic E-state index is 0.0402. The molecule has 1 amide bonds. The van der Waals surface area contributed by atoms with Crippen molar-refractivity contribution in [3.05, 3.63) is 35.4 Å². The van der Waals surface area contributed by atoms with E-state index in [0.717, 1.165) is 51.5 Å². The molecule has 0 unspecified atom stereocenters. The first kappa shape index (κ1) is 22.2. The van der Waals surface area contributed by atoms with Gasteiger partial charge < -0.3 is 19.5 Å². The van der Waals surface area contributed by atoms with Crippen LogP contribution in [0.4, 0.5) is 0 Å². The molecule has 0 aliphatic carbocycles. The Hall–Kier alpha value is -1.51. The quantitative estimate of drug-likeness (QED) is 0.692. The van der Waals surface area contributed by atoms with Crippen LogP contribution >= 0.6 is 0 Å². The summed E-state index contributed by atoms with van der Waals surface area (Å²) in [6.45, 7) is 12.1. The highest BCUT2D eigenvalue weighted by Gasteiger charge is 2.26. The molecule has 2 aliphatic heterocycles. The smallest absolute Gasteiger partial charge is 0.253 e. The molecule has 3 rings (SSSR count). The molecule has 0 saturated carbocycles. The lowest BCUT2D eigenvalue weighted by Crippen LogP contribution is -2.51. The number of amides is 1. The molecule has 7 nitrogen and oxygen atoms in total. The van der Waals surface area contributed by atoms with Gasteiger partial charge in [0, 0.05) is 57.9 Å². The second-order valence-corrected chi connectivity index (χ2v) is 8.17. The monoisotopic (exact) mass is 405 g/mol. The molecule has 2 fully saturated rings. The van der Waals surface area contributed by atoms with E-state index in [1.165, 1.54) is 0 Å². The van der Waals surface area contributed by atoms with Gasteiger partial charge in [0.1, 0.15) is 0 Å². The first-order valence-corrected chi connectivity index (χ1v) is 10.7. The van der Waals surface area contributed by atoms with Gasteiger partial charge in [0.05, 0.1) is 32.0 Å². The third-order valence-corrected chi connectivity index (χ3v) is 5.54. The fourth-order valence-electron chi connectivity index (χ4n) is 3.92. The second kappa shape index (κ2) is 11.0. The van der Waals surface area contributed by atoms with Crippen LogP contribution in [-0.2, 0) is 9.47 Å². The topological polar surface area (TPSA) is 65.5 Å². The van der Waals surface area contributed by atoms with Crippen LogP contribution in [0.1, 0.15) is 22.8 Å². The van der Waals surface area contributed by atoms with Crippen molar-refractivity contribution in [1.82, 2.24) is 14.7 Å². The van der Waals surface area contributed by atoms with Crippen LogP contribution in [0.5, 0.6) is 0 Å². The van der Waals surface area contributed by atoms with E-state index in [1.807, 2.05) is 36.1 Å². The molecule has 0 radical (unpaired) electrons. The third kappa shape index (κ3) is 7.04. The molecule has 1 aromatic carbocycles. The Labute approximate surface area is 174 Å². The number of benzene rings is 1. The lowest BCUT2D eigenvalue weighted by molar-refractivity contribution is -0.0501. The Kier molecular flexibility index (Phi) is 8.44. The molecule has 1 aromatic rings. The predicted octanol–water partition coefficient (Wildman–Crippen LogP) is 0.851. The number of nitrogens with zero attached hydrogens (tertiary/aromatic N) is 3. The van der Waals surface area contributed by atoms with E-state index >= 15 is 0 Å². The molecule has 0 bridgehead atoms. The SMILES string of the molecule is Cc1ccc(C(=O)N(CCN2CCOCC2)C[C@@H]2CN(C[C@H](C)O)CCO2)cc1. The van der Waals surface area contributed by atoms with Gasteiger partial charge in [-0.1, -0.05) is 17.7 Å². The van der Waals surface area contributed by atoms with Crippen molar-refractivity contribution in [2.75, 3.05) is 72.2 Å². The Morgan fingerprint density at radius 1 is 1.17 bits per heavy atom. The minimum atomic E-state index is -0.361. The average Bonchev–Trinajstić information content (AvgIpc) is 2.72. The van der Waals surface area contributed by atoms with E-state index < -0.39 is 0 Å². The third-order valence-electron chi connectivity index (χ3n) is 5.54. The van der Waals surface area contributed by atoms with Gasteiger partial charge in [0.15, 0.2) is 0 Å². The van der Waals surface area contributed by atoms with Crippen molar-refractivity contribution >= 4 is 5.91 Å². The highest BCUT2D eigenvalue weighted by atomic mass is 16.5. The zero-order valence-corrected chi connectivity index (χ0v) is 17.8. The number of ether oxygens (including phenoxy) is 2. The molecular weight excluding hydrogens is 370 g/mol. The van der Waals surface area contributed by atoms with Gasteiger partial charge >= 0.3 is 0 Å². The second-order valence-electron chi connectivity index (χ2n) is 8.17. The number of aliphatic hydroxyl groups excluding tert-OH is 1. The van der Waals surface area contributed by atoms with Crippen molar-refractivity contribution in [3.8, 4) is 0 Å². The van der Waals surface area contributed by atoms with Gasteiger partial charge in [-0.3, -0.25) is 14.6 Å². The molecule has 2 atom stereocenters. The van der Waals surface area contributed by atoms with Crippen molar-refractivity contribution in [2.45, 2.75) is 26.1 Å². The number of aryl methyl sites for hydroxylation is 1. The van der Waals surface area contributed by atoms with Crippen LogP contribution in [0.25, 0.3) is 0 Å². The molecule has 0 spiro atoms. The van der Waals surface area contributed by atoms with E-state index in [0.29, 0.717) is 31.8 Å². The molecule has 162 valence electrons. The lowest BCUT2D eigenvalue weighted by atomic mass is 10.1. The largest absolute Gasteiger partial charge is 0.392 e. The van der Waals surface area contributed by atoms with E-state index in [4.69, 9.17) is 9.47 Å². The number of morpholine rings is 2. The van der Waals surface area contributed by atoms with Crippen molar-refractivity contribution < 1.29 is 19.4 Å². The maximum absolute atomic E-state index is 13.2. The summed E-state index contributed by atoms with van der Waals surface area (Å²) in [6, 6.07) is 7.77. The molecule has 0 aromatic heterocycles. The molecule has 29 heavy (non-hydrogen) atoms. The fourth-order valence-corrected chi connectivity index (χ4v) is 3.92. The molecule has 2 aliphatic rings. The van der Waals surface area contributed by atoms with E-state index in [2.05, 4.69) is 9.80 Å². The molecule has 1 N–H and O–H groups in total. The summed E-state index contributed by atoms with van der Waals surface area (Å²) in [6.07, 6.45) is -0.401. The Morgan fingerprint density at radius 3 is 2.55 bits per heavy atom. The normalized spacial score (nSPS) is 22.4. The zero-order valence-electron chi connectivity index (χ0n) is 17.8. The highest BCUT2D eigenvalue weighted by Crippen LogP contribution is 2.12. The van der Waals surface area contributed by atoms with E-state index in [-0.39, 0.29) is 18.1 Å². The number of hydrogen-bond acceptors (Lipinski definition) is 6. The van der Waals surface area contributed by atoms with Crippen LogP contribution in [0, 0.1) is 6.92 Å². The van der Waals surface area contributed by atoms with Crippen molar-refractivity contribution in [3.63, 3.8) is 0 Å². The van der Waals surface area contributed by atoms with Crippen LogP contribution in [0.15, 0.2) is 24.3 Å². The zero-order chi connectivity index (χ0) is 20.6. The van der Waals surface area contributed by atoms with Crippen LogP contribution in [-0.4, -0.2) is 110 Å². The lowest BCUT2D eigenvalue weighted by Gasteiger charge is -2.37. The summed E-state index contributed by atoms with van der Waals surface area (Å²) in [4.78, 5) is 19.7. The van der Waals surface area contributed by atoms with Crippen LogP contribution in [0.2, 0.25) is 0 Å². The predicted molar refractivity (Wildman–Crippen MR) is 112 cm³/mol. The number of carbonyl (C=O) groups excluding carboxylic acids is 1. The summed E-state index contributed by atoms with van der Waals surface area (Å²) >= 11 is 0. The van der Waals surface area contributed by atoms with Gasteiger partial charge in [-0.05, 0) is 26.0 Å². The summed E-state index contributed by atoms with van der Waals surface area (Å²) < 4.78 is 11.4. The number of aliphatic hydroxyl groups is 1. The number of hydrogen-bond donors (Lipinski definition) is 1. The minimum Gasteiger partial charge on any atom is -0.392 e. The Balaban J connectivity index is 1.64. The van der Waals surface area contributed by atoms with Crippen LogP contribution in [0.3, 0.4) is 0 Å². The number of rotatable bonds is 8. The summed E-state index contributed by atoms with van der Waals surface area (Å²) in [5.41, 5.74) is 1.86. The van der Waals surface area contributed by atoms with Gasteiger partial charge in [-0.15, -0.1) is 0 Å². The van der Waals surface area contributed by atoms with Crippen molar-refractivity contribution in [2.24, 2.45) is 0 Å². The van der Waals surface area contributed by atoms with E-state index in [9.17, 15) is 9.90 Å². The number of β-amino-alcohol motifs (C(OH)–C–C–N with tert-alkyl or cyclic N) is 1.